The smallest absolute Gasteiger partial charge is 0.273 e. The zero-order valence-electron chi connectivity index (χ0n) is 18.7. The van der Waals surface area contributed by atoms with Gasteiger partial charge in [-0.3, -0.25) is 25.2 Å². The molecule has 10 heteroatoms. The van der Waals surface area contributed by atoms with Crippen LogP contribution in [0.1, 0.15) is 44.7 Å². The first kappa shape index (κ1) is 23.9. The van der Waals surface area contributed by atoms with Gasteiger partial charge in [0.1, 0.15) is 17.3 Å². The fraction of sp³-hybridized carbons (Fsp3) is 0.217. The lowest BCUT2D eigenvalue weighted by molar-refractivity contribution is 0.0845. The number of anilines is 1. The molecule has 9 nitrogen and oxygen atoms in total. The SMILES string of the molecule is CCOc1ccc(S(=O)(=O)Nc2ccc(C(=O)NNC(=O)c3c(C)oc(C)c3C)cc2)cc1. The first-order valence-electron chi connectivity index (χ1n) is 10.2. The monoisotopic (exact) mass is 471 g/mol. The van der Waals surface area contributed by atoms with Crippen LogP contribution < -0.4 is 20.3 Å². The number of hydrogen-bond acceptors (Lipinski definition) is 6. The van der Waals surface area contributed by atoms with Gasteiger partial charge in [-0.05, 0) is 76.2 Å². The normalized spacial score (nSPS) is 11.0. The Balaban J connectivity index is 1.62. The summed E-state index contributed by atoms with van der Waals surface area (Å²) in [6, 6.07) is 11.8. The van der Waals surface area contributed by atoms with Crippen LogP contribution >= 0.6 is 0 Å². The number of rotatable bonds is 7. The molecule has 2 aromatic carbocycles. The zero-order valence-corrected chi connectivity index (χ0v) is 19.5. The molecular weight excluding hydrogens is 446 g/mol. The molecule has 1 heterocycles. The summed E-state index contributed by atoms with van der Waals surface area (Å²) < 4.78 is 38.3. The Labute approximate surface area is 192 Å². The van der Waals surface area contributed by atoms with E-state index in [0.29, 0.717) is 35.0 Å². The van der Waals surface area contributed by atoms with E-state index in [1.807, 2.05) is 6.92 Å². The predicted octanol–water partition coefficient (Wildman–Crippen LogP) is 3.48. The number of hydrazine groups is 1. The van der Waals surface area contributed by atoms with Crippen molar-refractivity contribution in [3.8, 4) is 5.75 Å². The molecule has 0 aliphatic carbocycles. The number of furan rings is 1. The molecule has 0 saturated carbocycles. The van der Waals surface area contributed by atoms with E-state index in [2.05, 4.69) is 15.6 Å². The van der Waals surface area contributed by atoms with Crippen LogP contribution in [0.4, 0.5) is 5.69 Å². The van der Waals surface area contributed by atoms with Crippen LogP contribution in [-0.4, -0.2) is 26.8 Å². The molecule has 0 aliphatic heterocycles. The molecular formula is C23H25N3O6S. The van der Waals surface area contributed by atoms with Crippen LogP contribution in [0.3, 0.4) is 0 Å². The zero-order chi connectivity index (χ0) is 24.2. The fourth-order valence-electron chi connectivity index (χ4n) is 3.16. The van der Waals surface area contributed by atoms with Crippen LogP contribution in [0, 0.1) is 20.8 Å². The molecule has 0 spiro atoms. The van der Waals surface area contributed by atoms with Crippen LogP contribution in [0.5, 0.6) is 5.75 Å². The molecule has 0 unspecified atom stereocenters. The number of aryl methyl sites for hydroxylation is 2. The maximum atomic E-state index is 12.6. The van der Waals surface area contributed by atoms with E-state index in [1.165, 1.54) is 36.4 Å². The predicted molar refractivity (Wildman–Crippen MR) is 123 cm³/mol. The highest BCUT2D eigenvalue weighted by molar-refractivity contribution is 7.92. The van der Waals surface area contributed by atoms with Gasteiger partial charge in [0.15, 0.2) is 0 Å². The van der Waals surface area contributed by atoms with E-state index in [9.17, 15) is 18.0 Å². The molecule has 3 aromatic rings. The summed E-state index contributed by atoms with van der Waals surface area (Å²) in [5, 5.41) is 0. The van der Waals surface area contributed by atoms with Crippen LogP contribution in [0.2, 0.25) is 0 Å². The molecule has 0 aliphatic rings. The quantitative estimate of drug-likeness (QED) is 0.453. The Morgan fingerprint density at radius 3 is 2.03 bits per heavy atom. The molecule has 0 saturated heterocycles. The van der Waals surface area contributed by atoms with Crippen molar-refractivity contribution >= 4 is 27.5 Å². The van der Waals surface area contributed by atoms with Gasteiger partial charge in [-0.15, -0.1) is 0 Å². The Hall–Kier alpha value is -3.79. The Morgan fingerprint density at radius 1 is 0.879 bits per heavy atom. The third-order valence-corrected chi connectivity index (χ3v) is 6.32. The minimum absolute atomic E-state index is 0.0792. The average Bonchev–Trinajstić information content (AvgIpc) is 3.04. The summed E-state index contributed by atoms with van der Waals surface area (Å²) in [6.07, 6.45) is 0. The lowest BCUT2D eigenvalue weighted by atomic mass is 10.1. The van der Waals surface area contributed by atoms with Crippen LogP contribution in [0.25, 0.3) is 0 Å². The van der Waals surface area contributed by atoms with Gasteiger partial charge in [-0.1, -0.05) is 0 Å². The molecule has 174 valence electrons. The lowest BCUT2D eigenvalue weighted by Gasteiger charge is -2.10. The van der Waals surface area contributed by atoms with E-state index in [1.54, 1.807) is 32.9 Å². The number of carbonyl (C=O) groups excluding carboxylic acids is 2. The molecule has 2 amide bonds. The van der Waals surface area contributed by atoms with Gasteiger partial charge in [0.25, 0.3) is 21.8 Å². The van der Waals surface area contributed by atoms with E-state index in [0.717, 1.165) is 0 Å². The average molecular weight is 472 g/mol. The van der Waals surface area contributed by atoms with Gasteiger partial charge >= 0.3 is 0 Å². The van der Waals surface area contributed by atoms with Gasteiger partial charge < -0.3 is 9.15 Å². The molecule has 3 N–H and O–H groups in total. The molecule has 1 aromatic heterocycles. The maximum absolute atomic E-state index is 12.6. The van der Waals surface area contributed by atoms with Gasteiger partial charge in [-0.2, -0.15) is 0 Å². The summed E-state index contributed by atoms with van der Waals surface area (Å²) in [5.41, 5.74) is 6.28. The lowest BCUT2D eigenvalue weighted by Crippen LogP contribution is -2.41. The van der Waals surface area contributed by atoms with Crippen molar-refractivity contribution < 1.29 is 27.2 Å². The van der Waals surface area contributed by atoms with Crippen molar-refractivity contribution in [3.63, 3.8) is 0 Å². The summed E-state index contributed by atoms with van der Waals surface area (Å²) in [4.78, 5) is 24.8. The van der Waals surface area contributed by atoms with Gasteiger partial charge in [0.2, 0.25) is 0 Å². The van der Waals surface area contributed by atoms with Crippen molar-refractivity contribution in [1.82, 2.24) is 10.9 Å². The summed E-state index contributed by atoms with van der Waals surface area (Å²) in [7, 11) is -3.81. The van der Waals surface area contributed by atoms with E-state index < -0.39 is 21.8 Å². The van der Waals surface area contributed by atoms with Gasteiger partial charge in [-0.25, -0.2) is 8.42 Å². The summed E-state index contributed by atoms with van der Waals surface area (Å²) in [5.74, 6) is 0.620. The number of benzene rings is 2. The van der Waals surface area contributed by atoms with Gasteiger partial charge in [0, 0.05) is 16.8 Å². The third kappa shape index (κ3) is 5.53. The van der Waals surface area contributed by atoms with Gasteiger partial charge in [0.05, 0.1) is 17.1 Å². The van der Waals surface area contributed by atoms with Crippen molar-refractivity contribution in [1.29, 1.82) is 0 Å². The maximum Gasteiger partial charge on any atom is 0.273 e. The molecule has 0 atom stereocenters. The second kappa shape index (κ2) is 9.78. The third-order valence-electron chi connectivity index (χ3n) is 4.92. The van der Waals surface area contributed by atoms with Crippen molar-refractivity contribution in [2.75, 3.05) is 11.3 Å². The Bertz CT molecular complexity index is 1260. The topological polar surface area (TPSA) is 127 Å². The van der Waals surface area contributed by atoms with Crippen molar-refractivity contribution in [3.05, 3.63) is 76.7 Å². The standard InChI is InChI=1S/C23H25N3O6S/c1-5-31-19-10-12-20(13-11-19)33(29,30)26-18-8-6-17(7-9-18)22(27)24-25-23(28)21-14(2)15(3)32-16(21)4/h6-13,26H,5H2,1-4H3,(H,24,27)(H,25,28). The second-order valence-electron chi connectivity index (χ2n) is 7.21. The highest BCUT2D eigenvalue weighted by Gasteiger charge is 2.19. The number of sulfonamides is 1. The number of carbonyl (C=O) groups is 2. The Kier molecular flexibility index (Phi) is 7.07. The number of nitrogens with one attached hydrogen (secondary N) is 3. The summed E-state index contributed by atoms with van der Waals surface area (Å²) >= 11 is 0. The number of ether oxygens (including phenoxy) is 1. The second-order valence-corrected chi connectivity index (χ2v) is 8.89. The van der Waals surface area contributed by atoms with Crippen LogP contribution in [-0.2, 0) is 10.0 Å². The van der Waals surface area contributed by atoms with E-state index in [4.69, 9.17) is 9.15 Å². The van der Waals surface area contributed by atoms with Crippen LogP contribution in [0.15, 0.2) is 57.8 Å². The first-order chi connectivity index (χ1) is 15.6. The molecule has 0 bridgehead atoms. The van der Waals surface area contributed by atoms with E-state index in [-0.39, 0.29) is 16.1 Å². The van der Waals surface area contributed by atoms with E-state index >= 15 is 0 Å². The highest BCUT2D eigenvalue weighted by Crippen LogP contribution is 2.21. The largest absolute Gasteiger partial charge is 0.494 e. The fourth-order valence-corrected chi connectivity index (χ4v) is 4.22. The number of hydrogen-bond donors (Lipinski definition) is 3. The molecule has 0 radical (unpaired) electrons. The highest BCUT2D eigenvalue weighted by atomic mass is 32.2. The minimum Gasteiger partial charge on any atom is -0.494 e. The molecule has 0 fully saturated rings. The van der Waals surface area contributed by atoms with Crippen molar-refractivity contribution in [2.45, 2.75) is 32.6 Å². The summed E-state index contributed by atoms with van der Waals surface area (Å²) in [6.45, 7) is 7.51. The minimum atomic E-state index is -3.81. The molecule has 33 heavy (non-hydrogen) atoms. The first-order valence-corrected chi connectivity index (χ1v) is 11.6. The number of amides is 2. The van der Waals surface area contributed by atoms with Crippen molar-refractivity contribution in [2.24, 2.45) is 0 Å². The molecule has 3 rings (SSSR count). The Morgan fingerprint density at radius 2 is 1.48 bits per heavy atom.